The molecule has 0 fully saturated rings. The van der Waals surface area contributed by atoms with Gasteiger partial charge in [-0.05, 0) is 29.7 Å². The van der Waals surface area contributed by atoms with Crippen LogP contribution in [-0.2, 0) is 11.8 Å². The molecule has 1 amide bonds. The van der Waals surface area contributed by atoms with Crippen molar-refractivity contribution in [2.45, 2.75) is 25.7 Å². The van der Waals surface area contributed by atoms with E-state index in [-0.39, 0.29) is 36.5 Å². The van der Waals surface area contributed by atoms with Crippen molar-refractivity contribution in [3.05, 3.63) is 77.2 Å². The summed E-state index contributed by atoms with van der Waals surface area (Å²) in [5.74, 6) is -0.672. The van der Waals surface area contributed by atoms with Crippen LogP contribution in [0.5, 0.6) is 0 Å². The highest BCUT2D eigenvalue weighted by Crippen LogP contribution is 2.28. The van der Waals surface area contributed by atoms with Crippen molar-refractivity contribution >= 4 is 23.4 Å². The largest absolute Gasteiger partial charge is 0.396 e. The van der Waals surface area contributed by atoms with Gasteiger partial charge in [0, 0.05) is 31.0 Å². The van der Waals surface area contributed by atoms with E-state index in [0.29, 0.717) is 11.3 Å². The SMILES string of the molecule is CNC(=O)c1cnc(Nc2ccc(C(C)(C)CO)c(F)c2)nc1N.OCCc1ccccc1. The van der Waals surface area contributed by atoms with Crippen LogP contribution in [0.15, 0.2) is 54.7 Å². The standard InChI is InChI=1S/C16H20FN5O2.C8H10O/c1-16(2,8-23)11-5-4-9(6-12(11)17)21-15-20-7-10(13(18)22-15)14(24)19-3;9-7-6-8-4-2-1-3-5-8/h4-7,23H,8H2,1-3H3,(H,19,24)(H3,18,20,21,22);1-5,9H,6-7H2. The zero-order valence-corrected chi connectivity index (χ0v) is 19.0. The average Bonchev–Trinajstić information content (AvgIpc) is 2.80. The number of anilines is 3. The number of nitrogens with two attached hydrogens (primary N) is 1. The predicted octanol–water partition coefficient (Wildman–Crippen LogP) is 2.79. The second-order valence-corrected chi connectivity index (χ2v) is 7.89. The van der Waals surface area contributed by atoms with Crippen LogP contribution < -0.4 is 16.4 Å². The van der Waals surface area contributed by atoms with E-state index in [1.54, 1.807) is 26.0 Å². The van der Waals surface area contributed by atoms with Crippen LogP contribution >= 0.6 is 0 Å². The van der Waals surface area contributed by atoms with Crippen LogP contribution in [0.25, 0.3) is 0 Å². The first kappa shape index (κ1) is 25.7. The number of carbonyl (C=O) groups excluding carboxylic acids is 1. The summed E-state index contributed by atoms with van der Waals surface area (Å²) in [5.41, 5.74) is 7.24. The van der Waals surface area contributed by atoms with Crippen molar-refractivity contribution in [2.75, 3.05) is 31.3 Å². The number of carbonyl (C=O) groups is 1. The van der Waals surface area contributed by atoms with Gasteiger partial charge >= 0.3 is 0 Å². The number of hydrogen-bond acceptors (Lipinski definition) is 7. The van der Waals surface area contributed by atoms with Crippen molar-refractivity contribution in [1.29, 1.82) is 0 Å². The van der Waals surface area contributed by atoms with Gasteiger partial charge in [0.1, 0.15) is 11.6 Å². The van der Waals surface area contributed by atoms with Crippen LogP contribution in [0, 0.1) is 5.82 Å². The van der Waals surface area contributed by atoms with E-state index in [1.807, 2.05) is 30.3 Å². The summed E-state index contributed by atoms with van der Waals surface area (Å²) >= 11 is 0. The van der Waals surface area contributed by atoms with Crippen LogP contribution in [-0.4, -0.2) is 46.3 Å². The summed E-state index contributed by atoms with van der Waals surface area (Å²) in [5, 5.41) is 23.1. The summed E-state index contributed by atoms with van der Waals surface area (Å²) in [7, 11) is 1.48. The summed E-state index contributed by atoms with van der Waals surface area (Å²) in [6.45, 7) is 3.57. The zero-order chi connectivity index (χ0) is 24.4. The normalized spacial score (nSPS) is 10.7. The van der Waals surface area contributed by atoms with Crippen LogP contribution in [0.4, 0.5) is 21.8 Å². The third-order valence-corrected chi connectivity index (χ3v) is 4.88. The minimum absolute atomic E-state index is 0.0188. The van der Waals surface area contributed by atoms with E-state index in [9.17, 15) is 14.3 Å². The molecule has 176 valence electrons. The van der Waals surface area contributed by atoms with Gasteiger partial charge in [0.05, 0.1) is 12.2 Å². The van der Waals surface area contributed by atoms with Gasteiger partial charge in [-0.1, -0.05) is 50.2 Å². The molecule has 0 aliphatic rings. The Morgan fingerprint density at radius 1 is 1.15 bits per heavy atom. The van der Waals surface area contributed by atoms with E-state index >= 15 is 0 Å². The summed E-state index contributed by atoms with van der Waals surface area (Å²) in [6.07, 6.45) is 2.06. The lowest BCUT2D eigenvalue weighted by Gasteiger charge is -2.23. The Morgan fingerprint density at radius 3 is 2.39 bits per heavy atom. The smallest absolute Gasteiger partial charge is 0.256 e. The Hall–Kier alpha value is -3.56. The molecule has 0 radical (unpaired) electrons. The molecular formula is C24H30FN5O3. The molecule has 0 unspecified atom stereocenters. The molecule has 0 bridgehead atoms. The van der Waals surface area contributed by atoms with Gasteiger partial charge in [-0.2, -0.15) is 4.98 Å². The van der Waals surface area contributed by atoms with Crippen LogP contribution in [0.2, 0.25) is 0 Å². The minimum Gasteiger partial charge on any atom is -0.396 e. The van der Waals surface area contributed by atoms with Gasteiger partial charge < -0.3 is 26.6 Å². The number of halogens is 1. The fourth-order valence-electron chi connectivity index (χ4n) is 2.89. The molecule has 9 heteroatoms. The quantitative estimate of drug-likeness (QED) is 0.370. The van der Waals surface area contributed by atoms with E-state index in [0.717, 1.165) is 6.42 Å². The lowest BCUT2D eigenvalue weighted by atomic mass is 9.85. The molecule has 0 saturated heterocycles. The van der Waals surface area contributed by atoms with Crippen molar-refractivity contribution in [2.24, 2.45) is 0 Å². The predicted molar refractivity (Wildman–Crippen MR) is 127 cm³/mol. The number of nitrogens with one attached hydrogen (secondary N) is 2. The number of aliphatic hydroxyl groups excluding tert-OH is 2. The van der Waals surface area contributed by atoms with Gasteiger partial charge in [-0.3, -0.25) is 4.79 Å². The monoisotopic (exact) mass is 455 g/mol. The molecule has 0 aliphatic carbocycles. The fourth-order valence-corrected chi connectivity index (χ4v) is 2.89. The van der Waals surface area contributed by atoms with Crippen molar-refractivity contribution in [1.82, 2.24) is 15.3 Å². The Morgan fingerprint density at radius 2 is 1.85 bits per heavy atom. The number of rotatable bonds is 7. The van der Waals surface area contributed by atoms with Gasteiger partial charge in [0.2, 0.25) is 5.95 Å². The van der Waals surface area contributed by atoms with Crippen molar-refractivity contribution in [3.63, 3.8) is 0 Å². The fraction of sp³-hybridized carbons (Fsp3) is 0.292. The highest BCUT2D eigenvalue weighted by atomic mass is 19.1. The maximum absolute atomic E-state index is 14.3. The summed E-state index contributed by atoms with van der Waals surface area (Å²) < 4.78 is 14.3. The van der Waals surface area contributed by atoms with Gasteiger partial charge in [0.25, 0.3) is 5.91 Å². The van der Waals surface area contributed by atoms with Crippen LogP contribution in [0.3, 0.4) is 0 Å². The lowest BCUT2D eigenvalue weighted by Crippen LogP contribution is -2.23. The molecule has 0 aliphatic heterocycles. The maximum atomic E-state index is 14.3. The number of hydrogen-bond donors (Lipinski definition) is 5. The van der Waals surface area contributed by atoms with E-state index in [4.69, 9.17) is 10.8 Å². The highest BCUT2D eigenvalue weighted by Gasteiger charge is 2.23. The first-order valence-corrected chi connectivity index (χ1v) is 10.4. The van der Waals surface area contributed by atoms with Crippen molar-refractivity contribution in [3.8, 4) is 0 Å². The van der Waals surface area contributed by atoms with E-state index in [1.165, 1.54) is 24.9 Å². The third-order valence-electron chi connectivity index (χ3n) is 4.88. The molecule has 0 atom stereocenters. The average molecular weight is 456 g/mol. The molecule has 8 nitrogen and oxygen atoms in total. The lowest BCUT2D eigenvalue weighted by molar-refractivity contribution is 0.0963. The topological polar surface area (TPSA) is 133 Å². The maximum Gasteiger partial charge on any atom is 0.256 e. The number of aliphatic hydroxyl groups is 2. The summed E-state index contributed by atoms with van der Waals surface area (Å²) in [4.78, 5) is 19.5. The van der Waals surface area contributed by atoms with Crippen LogP contribution in [0.1, 0.15) is 35.3 Å². The zero-order valence-electron chi connectivity index (χ0n) is 19.0. The number of nitrogen functional groups attached to an aromatic ring is 1. The molecule has 0 spiro atoms. The van der Waals surface area contributed by atoms with Gasteiger partial charge in [-0.15, -0.1) is 0 Å². The first-order valence-electron chi connectivity index (χ1n) is 10.4. The van der Waals surface area contributed by atoms with E-state index in [2.05, 4.69) is 20.6 Å². The van der Waals surface area contributed by atoms with Crippen molar-refractivity contribution < 1.29 is 19.4 Å². The Balaban J connectivity index is 0.000000357. The molecule has 3 rings (SSSR count). The van der Waals surface area contributed by atoms with Gasteiger partial charge in [0.15, 0.2) is 0 Å². The number of benzene rings is 2. The second-order valence-electron chi connectivity index (χ2n) is 7.89. The third kappa shape index (κ3) is 7.23. The molecule has 2 aromatic carbocycles. The molecule has 1 aromatic heterocycles. The Bertz CT molecular complexity index is 1060. The Kier molecular flexibility index (Phi) is 9.26. The second kappa shape index (κ2) is 11.9. The molecule has 33 heavy (non-hydrogen) atoms. The highest BCUT2D eigenvalue weighted by molar-refractivity contribution is 5.97. The Labute approximate surface area is 192 Å². The van der Waals surface area contributed by atoms with E-state index < -0.39 is 11.2 Å². The number of amides is 1. The molecule has 6 N–H and O–H groups in total. The molecular weight excluding hydrogens is 425 g/mol. The summed E-state index contributed by atoms with van der Waals surface area (Å²) in [6, 6.07) is 14.5. The first-order chi connectivity index (χ1) is 15.7. The minimum atomic E-state index is -0.682. The molecule has 3 aromatic rings. The van der Waals surface area contributed by atoms with Gasteiger partial charge in [-0.25, -0.2) is 9.37 Å². The molecule has 0 saturated carbocycles. The number of nitrogens with zero attached hydrogens (tertiary/aromatic N) is 2. The molecule has 1 heterocycles. The number of aromatic nitrogens is 2.